The summed E-state index contributed by atoms with van der Waals surface area (Å²) >= 11 is 0. The largest absolute Gasteiger partial charge is 0.379 e. The average molecular weight is 178 g/mol. The zero-order chi connectivity index (χ0) is 9.40. The Labute approximate surface area is 73.7 Å². The van der Waals surface area contributed by atoms with Crippen molar-refractivity contribution in [2.75, 3.05) is 27.4 Å². The van der Waals surface area contributed by atoms with Gasteiger partial charge in [0.2, 0.25) is 0 Å². The normalized spacial score (nSPS) is 16.0. The lowest BCUT2D eigenvalue weighted by molar-refractivity contribution is -0.314. The summed E-state index contributed by atoms with van der Waals surface area (Å²) in [7, 11) is 3.26. The van der Waals surface area contributed by atoms with Crippen LogP contribution in [0.1, 0.15) is 13.8 Å². The Hall–Kier alpha value is -0.160. The highest BCUT2D eigenvalue weighted by atomic mass is 17.2. The molecule has 0 amide bonds. The highest BCUT2D eigenvalue weighted by molar-refractivity contribution is 4.43. The quantitative estimate of drug-likeness (QED) is 0.331. The molecule has 0 aromatic rings. The Morgan fingerprint density at radius 1 is 0.833 bits per heavy atom. The number of rotatable bonds is 7. The van der Waals surface area contributed by atoms with Gasteiger partial charge in [-0.25, -0.2) is 9.78 Å². The molecule has 0 saturated heterocycles. The van der Waals surface area contributed by atoms with Crippen molar-refractivity contribution in [1.29, 1.82) is 0 Å². The molecule has 0 aliphatic heterocycles. The molecule has 0 aromatic carbocycles. The molecular weight excluding hydrogens is 160 g/mol. The number of hydrogen-bond acceptors (Lipinski definition) is 4. The molecule has 0 rings (SSSR count). The first-order valence-electron chi connectivity index (χ1n) is 4.00. The molecular formula is C8H18O4. The van der Waals surface area contributed by atoms with E-state index in [4.69, 9.17) is 19.2 Å². The van der Waals surface area contributed by atoms with Gasteiger partial charge in [-0.3, -0.25) is 0 Å². The van der Waals surface area contributed by atoms with E-state index in [2.05, 4.69) is 0 Å². The molecule has 2 unspecified atom stereocenters. The fourth-order valence-corrected chi connectivity index (χ4v) is 0.424. The van der Waals surface area contributed by atoms with Gasteiger partial charge < -0.3 is 9.47 Å². The summed E-state index contributed by atoms with van der Waals surface area (Å²) in [5, 5.41) is 0. The van der Waals surface area contributed by atoms with Crippen LogP contribution >= 0.6 is 0 Å². The maximum atomic E-state index is 4.95. The van der Waals surface area contributed by atoms with E-state index in [0.717, 1.165) is 0 Å². The van der Waals surface area contributed by atoms with Crippen molar-refractivity contribution < 1.29 is 19.2 Å². The van der Waals surface area contributed by atoms with Crippen LogP contribution in [0.5, 0.6) is 0 Å². The molecule has 2 atom stereocenters. The van der Waals surface area contributed by atoms with Crippen molar-refractivity contribution in [3.8, 4) is 0 Å². The minimum atomic E-state index is 0.0582. The van der Waals surface area contributed by atoms with Gasteiger partial charge in [0.15, 0.2) is 0 Å². The van der Waals surface area contributed by atoms with Crippen molar-refractivity contribution in [2.24, 2.45) is 0 Å². The van der Waals surface area contributed by atoms with E-state index in [1.165, 1.54) is 0 Å². The van der Waals surface area contributed by atoms with Gasteiger partial charge in [-0.15, -0.1) is 0 Å². The summed E-state index contributed by atoms with van der Waals surface area (Å²) in [6.45, 7) is 4.69. The number of hydrogen-bond donors (Lipinski definition) is 0. The van der Waals surface area contributed by atoms with Gasteiger partial charge in [-0.05, 0) is 13.8 Å². The molecule has 0 bridgehead atoms. The zero-order valence-electron chi connectivity index (χ0n) is 8.20. The molecule has 74 valence electrons. The van der Waals surface area contributed by atoms with E-state index >= 15 is 0 Å². The Morgan fingerprint density at radius 2 is 1.17 bits per heavy atom. The van der Waals surface area contributed by atoms with Crippen LogP contribution in [0.4, 0.5) is 0 Å². The van der Waals surface area contributed by atoms with Crippen molar-refractivity contribution in [3.05, 3.63) is 0 Å². The van der Waals surface area contributed by atoms with Gasteiger partial charge >= 0.3 is 0 Å². The lowest BCUT2D eigenvalue weighted by Gasteiger charge is -2.11. The second kappa shape index (κ2) is 7.49. The molecule has 4 nitrogen and oxygen atoms in total. The molecule has 0 N–H and O–H groups in total. The molecule has 4 heteroatoms. The van der Waals surface area contributed by atoms with Crippen molar-refractivity contribution in [3.63, 3.8) is 0 Å². The summed E-state index contributed by atoms with van der Waals surface area (Å²) in [5.74, 6) is 0. The molecule has 0 aromatic heterocycles. The van der Waals surface area contributed by atoms with E-state index in [1.54, 1.807) is 14.2 Å². The van der Waals surface area contributed by atoms with Crippen LogP contribution in [0.2, 0.25) is 0 Å². The molecule has 12 heavy (non-hydrogen) atoms. The highest BCUT2D eigenvalue weighted by Crippen LogP contribution is 1.93. The van der Waals surface area contributed by atoms with Crippen LogP contribution < -0.4 is 0 Å². The SMILES string of the molecule is COC(C)COOCC(C)OC. The zero-order valence-corrected chi connectivity index (χ0v) is 8.20. The summed E-state index contributed by atoms with van der Waals surface area (Å²) in [6, 6.07) is 0. The number of ether oxygens (including phenoxy) is 2. The fraction of sp³-hybridized carbons (Fsp3) is 1.00. The number of methoxy groups -OCH3 is 2. The molecule has 0 spiro atoms. The Kier molecular flexibility index (Phi) is 7.39. The third-order valence-electron chi connectivity index (χ3n) is 1.49. The Balaban J connectivity index is 3.10. The van der Waals surface area contributed by atoms with E-state index in [0.29, 0.717) is 13.2 Å². The standard InChI is InChI=1S/C8H18O4/c1-7(9-3)5-11-12-6-8(2)10-4/h7-8H,5-6H2,1-4H3. The molecule has 0 aliphatic carbocycles. The van der Waals surface area contributed by atoms with Crippen LogP contribution in [-0.2, 0) is 19.2 Å². The Morgan fingerprint density at radius 3 is 1.42 bits per heavy atom. The van der Waals surface area contributed by atoms with Crippen LogP contribution in [-0.4, -0.2) is 39.6 Å². The summed E-state index contributed by atoms with van der Waals surface area (Å²) in [5.41, 5.74) is 0. The van der Waals surface area contributed by atoms with Gasteiger partial charge in [0.05, 0.1) is 12.2 Å². The topological polar surface area (TPSA) is 36.9 Å². The molecule has 0 radical (unpaired) electrons. The van der Waals surface area contributed by atoms with Crippen LogP contribution in [0, 0.1) is 0 Å². The first-order valence-corrected chi connectivity index (χ1v) is 4.00. The predicted molar refractivity (Wildman–Crippen MR) is 44.8 cm³/mol. The lowest BCUT2D eigenvalue weighted by Crippen LogP contribution is -2.18. The smallest absolute Gasteiger partial charge is 0.108 e. The second-order valence-corrected chi connectivity index (χ2v) is 2.66. The van der Waals surface area contributed by atoms with Gasteiger partial charge in [-0.2, -0.15) is 0 Å². The van der Waals surface area contributed by atoms with Crippen molar-refractivity contribution in [1.82, 2.24) is 0 Å². The highest BCUT2D eigenvalue weighted by Gasteiger charge is 2.02. The summed E-state index contributed by atoms with van der Waals surface area (Å²) in [6.07, 6.45) is 0.116. The van der Waals surface area contributed by atoms with Crippen LogP contribution in [0.15, 0.2) is 0 Å². The van der Waals surface area contributed by atoms with Gasteiger partial charge in [0.1, 0.15) is 13.2 Å². The summed E-state index contributed by atoms with van der Waals surface area (Å²) in [4.78, 5) is 9.71. The molecule has 0 saturated carbocycles. The first-order chi connectivity index (χ1) is 5.70. The van der Waals surface area contributed by atoms with Crippen LogP contribution in [0.25, 0.3) is 0 Å². The predicted octanol–water partition coefficient (Wildman–Crippen LogP) is 1.00. The average Bonchev–Trinajstić information content (AvgIpc) is 2.11. The van der Waals surface area contributed by atoms with E-state index in [-0.39, 0.29) is 12.2 Å². The monoisotopic (exact) mass is 178 g/mol. The Bertz CT molecular complexity index is 85.1. The van der Waals surface area contributed by atoms with Crippen molar-refractivity contribution in [2.45, 2.75) is 26.1 Å². The third-order valence-corrected chi connectivity index (χ3v) is 1.49. The minimum absolute atomic E-state index is 0.0582. The minimum Gasteiger partial charge on any atom is -0.379 e. The fourth-order valence-electron chi connectivity index (χ4n) is 0.424. The second-order valence-electron chi connectivity index (χ2n) is 2.66. The van der Waals surface area contributed by atoms with Gasteiger partial charge in [-0.1, -0.05) is 0 Å². The molecule has 0 aliphatic rings. The van der Waals surface area contributed by atoms with E-state index in [1.807, 2.05) is 13.8 Å². The van der Waals surface area contributed by atoms with Crippen LogP contribution in [0.3, 0.4) is 0 Å². The maximum absolute atomic E-state index is 4.95. The van der Waals surface area contributed by atoms with Gasteiger partial charge in [0, 0.05) is 14.2 Å². The van der Waals surface area contributed by atoms with E-state index < -0.39 is 0 Å². The summed E-state index contributed by atoms with van der Waals surface area (Å²) < 4.78 is 9.89. The first kappa shape index (κ1) is 11.8. The maximum Gasteiger partial charge on any atom is 0.108 e. The van der Waals surface area contributed by atoms with E-state index in [9.17, 15) is 0 Å². The molecule has 0 fully saturated rings. The third kappa shape index (κ3) is 6.54. The van der Waals surface area contributed by atoms with Gasteiger partial charge in [0.25, 0.3) is 0 Å². The molecule has 0 heterocycles. The lowest BCUT2D eigenvalue weighted by atomic mass is 10.4. The van der Waals surface area contributed by atoms with Crippen molar-refractivity contribution >= 4 is 0 Å².